The van der Waals surface area contributed by atoms with Crippen LogP contribution in [0.4, 0.5) is 4.79 Å². The van der Waals surface area contributed by atoms with Gasteiger partial charge in [-0.05, 0) is 23.3 Å². The minimum atomic E-state index is -4.58. The maximum Gasteiger partial charge on any atom is 0.409 e. The smallest absolute Gasteiger partial charge is 0.409 e. The fourth-order valence-electron chi connectivity index (χ4n) is 2.72. The Morgan fingerprint density at radius 3 is 1.62 bits per heavy atom. The molecule has 0 aromatic heterocycles. The van der Waals surface area contributed by atoms with Crippen molar-refractivity contribution in [3.63, 3.8) is 0 Å². The number of primary amides is 1. The molecule has 3 N–H and O–H groups in total. The molecule has 0 heterocycles. The molecule has 0 aliphatic carbocycles. The zero-order valence-corrected chi connectivity index (χ0v) is 14.3. The van der Waals surface area contributed by atoms with Crippen LogP contribution in [0.5, 0.6) is 5.75 Å². The second-order valence-electron chi connectivity index (χ2n) is 5.48. The standard InChI is InChI=1S/C19H15NO5S/c20-19(21)25-15-11-16(13-7-3-1-4-8-13)18(26(22,23)24)17(12-15)14-9-5-2-6-10-14/h1-12H,(H2,20,21)(H,22,23,24). The molecule has 6 nitrogen and oxygen atoms in total. The van der Waals surface area contributed by atoms with Crippen molar-refractivity contribution < 1.29 is 22.5 Å². The summed E-state index contributed by atoms with van der Waals surface area (Å²) in [5, 5.41) is 0. The van der Waals surface area contributed by atoms with Crippen molar-refractivity contribution in [2.45, 2.75) is 4.90 Å². The van der Waals surface area contributed by atoms with Gasteiger partial charge in [0.2, 0.25) is 0 Å². The van der Waals surface area contributed by atoms with Gasteiger partial charge in [-0.25, -0.2) is 4.79 Å². The second kappa shape index (κ2) is 6.99. The van der Waals surface area contributed by atoms with Crippen LogP contribution in [-0.4, -0.2) is 19.1 Å². The van der Waals surface area contributed by atoms with Crippen molar-refractivity contribution in [1.29, 1.82) is 0 Å². The summed E-state index contributed by atoms with van der Waals surface area (Å²) in [6.07, 6.45) is -1.03. The van der Waals surface area contributed by atoms with Gasteiger partial charge in [0.05, 0.1) is 0 Å². The monoisotopic (exact) mass is 369 g/mol. The van der Waals surface area contributed by atoms with E-state index >= 15 is 0 Å². The largest absolute Gasteiger partial charge is 0.410 e. The molecule has 0 unspecified atom stereocenters. The predicted molar refractivity (Wildman–Crippen MR) is 97.3 cm³/mol. The van der Waals surface area contributed by atoms with Crippen LogP contribution in [0.25, 0.3) is 22.3 Å². The minimum Gasteiger partial charge on any atom is -0.410 e. The Morgan fingerprint density at radius 1 is 0.846 bits per heavy atom. The fourth-order valence-corrected chi connectivity index (χ4v) is 3.63. The van der Waals surface area contributed by atoms with Crippen molar-refractivity contribution in [3.05, 3.63) is 72.8 Å². The molecule has 0 spiro atoms. The predicted octanol–water partition coefficient (Wildman–Crippen LogP) is 3.72. The third-order valence-corrected chi connectivity index (χ3v) is 4.66. The molecule has 7 heteroatoms. The highest BCUT2D eigenvalue weighted by molar-refractivity contribution is 7.86. The fraction of sp³-hybridized carbons (Fsp3) is 0. The maximum absolute atomic E-state index is 12.2. The van der Waals surface area contributed by atoms with Gasteiger partial charge in [0, 0.05) is 11.1 Å². The van der Waals surface area contributed by atoms with Gasteiger partial charge in [-0.1, -0.05) is 60.7 Å². The number of hydrogen-bond acceptors (Lipinski definition) is 4. The van der Waals surface area contributed by atoms with Gasteiger partial charge in [-0.2, -0.15) is 8.42 Å². The van der Waals surface area contributed by atoms with E-state index in [9.17, 15) is 17.8 Å². The Kier molecular flexibility index (Phi) is 4.75. The maximum atomic E-state index is 12.2. The second-order valence-corrected chi connectivity index (χ2v) is 6.83. The molecule has 0 atom stereocenters. The number of rotatable bonds is 4. The van der Waals surface area contributed by atoms with E-state index in [0.717, 1.165) is 0 Å². The van der Waals surface area contributed by atoms with E-state index in [1.807, 2.05) is 0 Å². The van der Waals surface area contributed by atoms with E-state index < -0.39 is 16.2 Å². The molecule has 3 aromatic carbocycles. The average molecular weight is 369 g/mol. The zero-order valence-electron chi connectivity index (χ0n) is 13.5. The van der Waals surface area contributed by atoms with Crippen molar-refractivity contribution >= 4 is 16.2 Å². The molecule has 26 heavy (non-hydrogen) atoms. The quantitative estimate of drug-likeness (QED) is 0.682. The Balaban J connectivity index is 2.40. The number of carbonyl (C=O) groups is 1. The lowest BCUT2D eigenvalue weighted by atomic mass is 9.98. The number of hydrogen-bond donors (Lipinski definition) is 2. The summed E-state index contributed by atoms with van der Waals surface area (Å²) in [7, 11) is -4.58. The van der Waals surface area contributed by atoms with Gasteiger partial charge in [0.1, 0.15) is 10.6 Å². The topological polar surface area (TPSA) is 107 Å². The van der Waals surface area contributed by atoms with Gasteiger partial charge < -0.3 is 10.5 Å². The van der Waals surface area contributed by atoms with E-state index in [0.29, 0.717) is 11.1 Å². The summed E-state index contributed by atoms with van der Waals surface area (Å²) < 4.78 is 39.2. The van der Waals surface area contributed by atoms with Crippen LogP contribution in [0.15, 0.2) is 77.7 Å². The summed E-state index contributed by atoms with van der Waals surface area (Å²) in [6.45, 7) is 0. The molecular formula is C19H15NO5S. The van der Waals surface area contributed by atoms with Crippen LogP contribution in [0.3, 0.4) is 0 Å². The van der Waals surface area contributed by atoms with Crippen LogP contribution in [-0.2, 0) is 10.1 Å². The minimum absolute atomic E-state index is 0.0719. The number of benzene rings is 3. The summed E-state index contributed by atoms with van der Waals surface area (Å²) in [5.74, 6) is 0.0719. The number of nitrogens with two attached hydrogens (primary N) is 1. The normalized spacial score (nSPS) is 11.1. The zero-order chi connectivity index (χ0) is 18.7. The van der Waals surface area contributed by atoms with Crippen molar-refractivity contribution in [1.82, 2.24) is 0 Å². The van der Waals surface area contributed by atoms with E-state index in [1.54, 1.807) is 60.7 Å². The Hall–Kier alpha value is -3.16. The lowest BCUT2D eigenvalue weighted by molar-refractivity contribution is 0.211. The van der Waals surface area contributed by atoms with Crippen molar-refractivity contribution in [2.75, 3.05) is 0 Å². The van der Waals surface area contributed by atoms with Crippen LogP contribution in [0, 0.1) is 0 Å². The molecule has 3 rings (SSSR count). The molecule has 0 fully saturated rings. The van der Waals surface area contributed by atoms with Crippen LogP contribution < -0.4 is 10.5 Å². The number of carbonyl (C=O) groups excluding carboxylic acids is 1. The first-order valence-electron chi connectivity index (χ1n) is 7.60. The lowest BCUT2D eigenvalue weighted by Crippen LogP contribution is -2.16. The highest BCUT2D eigenvalue weighted by atomic mass is 32.2. The Bertz CT molecular complexity index is 987. The Morgan fingerprint density at radius 2 is 1.27 bits per heavy atom. The molecule has 0 saturated heterocycles. The average Bonchev–Trinajstić information content (AvgIpc) is 2.61. The molecule has 0 aliphatic heterocycles. The van der Waals surface area contributed by atoms with E-state index in [2.05, 4.69) is 0 Å². The van der Waals surface area contributed by atoms with Crippen LogP contribution in [0.1, 0.15) is 0 Å². The van der Waals surface area contributed by atoms with Crippen molar-refractivity contribution in [2.24, 2.45) is 5.73 Å². The molecule has 132 valence electrons. The van der Waals surface area contributed by atoms with E-state index in [4.69, 9.17) is 10.5 Å². The lowest BCUT2D eigenvalue weighted by Gasteiger charge is -2.15. The highest BCUT2D eigenvalue weighted by Crippen LogP contribution is 2.39. The SMILES string of the molecule is NC(=O)Oc1cc(-c2ccccc2)c(S(=O)(=O)O)c(-c2ccccc2)c1. The van der Waals surface area contributed by atoms with Crippen molar-refractivity contribution in [3.8, 4) is 28.0 Å². The first-order valence-corrected chi connectivity index (χ1v) is 9.04. The number of ether oxygens (including phenoxy) is 1. The van der Waals surface area contributed by atoms with Gasteiger partial charge in [-0.15, -0.1) is 0 Å². The first kappa shape index (κ1) is 17.7. The number of amides is 1. The Labute approximate surface area is 150 Å². The molecular weight excluding hydrogens is 354 g/mol. The molecule has 0 bridgehead atoms. The molecule has 0 saturated carbocycles. The molecule has 3 aromatic rings. The van der Waals surface area contributed by atoms with E-state index in [1.165, 1.54) is 12.1 Å². The van der Waals surface area contributed by atoms with Gasteiger partial charge in [0.15, 0.2) is 0 Å². The third kappa shape index (κ3) is 3.74. The van der Waals surface area contributed by atoms with Gasteiger partial charge >= 0.3 is 6.09 Å². The van der Waals surface area contributed by atoms with Gasteiger partial charge in [-0.3, -0.25) is 4.55 Å². The summed E-state index contributed by atoms with van der Waals surface area (Å²) in [4.78, 5) is 10.9. The van der Waals surface area contributed by atoms with Crippen LogP contribution >= 0.6 is 0 Å². The molecule has 1 amide bonds. The summed E-state index contributed by atoms with van der Waals surface area (Å²) in [5.41, 5.74) is 6.57. The molecule has 0 radical (unpaired) electrons. The summed E-state index contributed by atoms with van der Waals surface area (Å²) in [6, 6.07) is 19.9. The van der Waals surface area contributed by atoms with Gasteiger partial charge in [0.25, 0.3) is 10.1 Å². The summed E-state index contributed by atoms with van der Waals surface area (Å²) >= 11 is 0. The third-order valence-electron chi connectivity index (χ3n) is 3.71. The highest BCUT2D eigenvalue weighted by Gasteiger charge is 2.24. The molecule has 0 aliphatic rings. The van der Waals surface area contributed by atoms with E-state index in [-0.39, 0.29) is 21.8 Å². The van der Waals surface area contributed by atoms with Crippen LogP contribution in [0.2, 0.25) is 0 Å². The first-order chi connectivity index (χ1) is 12.4.